The molecule has 0 bridgehead atoms. The molecule has 0 radical (unpaired) electrons. The lowest BCUT2D eigenvalue weighted by Gasteiger charge is -2.43. The van der Waals surface area contributed by atoms with Gasteiger partial charge < -0.3 is 18.8 Å². The second-order valence-electron chi connectivity index (χ2n) is 13.9. The molecule has 1 amide bonds. The van der Waals surface area contributed by atoms with Gasteiger partial charge in [0.15, 0.2) is 23.5 Å². The minimum atomic E-state index is -2.96. The van der Waals surface area contributed by atoms with Crippen molar-refractivity contribution in [2.45, 2.75) is 56.8 Å². The van der Waals surface area contributed by atoms with Crippen LogP contribution in [0.25, 0.3) is 11.2 Å². The molecule has 2 fully saturated rings. The normalized spacial score (nSPS) is 20.8. The van der Waals surface area contributed by atoms with Crippen molar-refractivity contribution in [1.29, 1.82) is 0 Å². The van der Waals surface area contributed by atoms with Crippen molar-refractivity contribution in [3.8, 4) is 0 Å². The van der Waals surface area contributed by atoms with Crippen LogP contribution in [-0.2, 0) is 20.4 Å². The quantitative estimate of drug-likeness (QED) is 0.131. The molecule has 0 spiro atoms. The first kappa shape index (κ1) is 33.4. The Bertz CT molecular complexity index is 2010. The van der Waals surface area contributed by atoms with E-state index >= 15 is 0 Å². The van der Waals surface area contributed by atoms with E-state index in [1.807, 2.05) is 80.8 Å². The third-order valence-electron chi connectivity index (χ3n) is 9.33. The highest BCUT2D eigenvalue weighted by Gasteiger charge is 2.59. The van der Waals surface area contributed by atoms with Gasteiger partial charge in [0.05, 0.1) is 19.3 Å². The molecule has 5 aromatic rings. The molecule has 4 heterocycles. The molecule has 0 aliphatic carbocycles. The monoisotopic (exact) mass is 691 g/mol. The van der Waals surface area contributed by atoms with E-state index in [2.05, 4.69) is 65.0 Å². The van der Waals surface area contributed by atoms with E-state index in [4.69, 9.17) is 13.9 Å². The zero-order valence-corrected chi connectivity index (χ0v) is 29.8. The summed E-state index contributed by atoms with van der Waals surface area (Å²) in [6.45, 7) is 7.19. The van der Waals surface area contributed by atoms with Crippen molar-refractivity contribution in [3.63, 3.8) is 0 Å². The molecule has 13 heteroatoms. The maximum atomic E-state index is 13.7. The standard InChI is InChI=1S/C37H41N7O5Si/c1-37(2,3)50(26-17-11-7-12-18-26,27-19-13-8-14-20-27)47-22-28-30-31(49-36(46)43(30)21-25-15-9-6-10-16-25)34(48-28)44-24-38-29-32(44)40-35(41-33(29)45)39-23-42(4)5/h6-20,23-24,28,30-31,34H,21-22H2,1-5H3,(H,40,41,45)/b39-23+/t28-,30-,31-,34-/m1/s1. The summed E-state index contributed by atoms with van der Waals surface area (Å²) in [5.41, 5.74) is 0.931. The number of rotatable bonds is 10. The molecule has 0 unspecified atom stereocenters. The summed E-state index contributed by atoms with van der Waals surface area (Å²) in [5.74, 6) is 0.119. The summed E-state index contributed by atoms with van der Waals surface area (Å²) < 4.78 is 22.0. The smallest absolute Gasteiger partial charge is 0.411 e. The number of fused-ring (bicyclic) bond motifs is 2. The van der Waals surface area contributed by atoms with Gasteiger partial charge in [0.25, 0.3) is 13.9 Å². The van der Waals surface area contributed by atoms with Crippen LogP contribution < -0.4 is 15.9 Å². The van der Waals surface area contributed by atoms with Crippen LogP contribution in [0.4, 0.5) is 10.7 Å². The Labute approximate surface area is 291 Å². The van der Waals surface area contributed by atoms with Crippen LogP contribution in [-0.4, -0.2) is 89.0 Å². The van der Waals surface area contributed by atoms with Gasteiger partial charge >= 0.3 is 6.09 Å². The van der Waals surface area contributed by atoms with Gasteiger partial charge in [-0.05, 0) is 21.0 Å². The molecule has 4 atom stereocenters. The van der Waals surface area contributed by atoms with Crippen LogP contribution in [0.3, 0.4) is 0 Å². The number of benzene rings is 3. The predicted molar refractivity (Wildman–Crippen MR) is 194 cm³/mol. The molecule has 1 N–H and O–H groups in total. The van der Waals surface area contributed by atoms with Crippen molar-refractivity contribution >= 4 is 48.2 Å². The fourth-order valence-electron chi connectivity index (χ4n) is 7.14. The van der Waals surface area contributed by atoms with Crippen molar-refractivity contribution in [3.05, 3.63) is 113 Å². The van der Waals surface area contributed by atoms with Crippen LogP contribution in [0.5, 0.6) is 0 Å². The van der Waals surface area contributed by atoms with E-state index in [0.29, 0.717) is 6.54 Å². The molecule has 0 saturated carbocycles. The first-order valence-electron chi connectivity index (χ1n) is 16.7. The number of ether oxygens (including phenoxy) is 2. The number of H-pyrrole nitrogens is 1. The number of amides is 1. The topological polar surface area (TPSA) is 127 Å². The van der Waals surface area contributed by atoms with Crippen LogP contribution in [0.2, 0.25) is 5.04 Å². The summed E-state index contributed by atoms with van der Waals surface area (Å²) in [4.78, 5) is 46.1. The number of hydrogen-bond donors (Lipinski definition) is 1. The first-order chi connectivity index (χ1) is 24.1. The van der Waals surface area contributed by atoms with Crippen molar-refractivity contribution in [1.82, 2.24) is 29.3 Å². The molecule has 50 heavy (non-hydrogen) atoms. The third kappa shape index (κ3) is 6.01. The average Bonchev–Trinajstić information content (AvgIpc) is 3.78. The zero-order valence-electron chi connectivity index (χ0n) is 28.8. The zero-order chi connectivity index (χ0) is 35.0. The number of aromatic nitrogens is 4. The third-order valence-corrected chi connectivity index (χ3v) is 14.3. The van der Waals surface area contributed by atoms with E-state index < -0.39 is 44.4 Å². The fraction of sp³-hybridized carbons (Fsp3) is 0.324. The predicted octanol–water partition coefficient (Wildman–Crippen LogP) is 4.20. The van der Waals surface area contributed by atoms with Crippen LogP contribution >= 0.6 is 0 Å². The van der Waals surface area contributed by atoms with Gasteiger partial charge in [0.2, 0.25) is 5.95 Å². The molecule has 2 aromatic heterocycles. The number of hydrogen-bond acceptors (Lipinski definition) is 8. The fourth-order valence-corrected chi connectivity index (χ4v) is 11.7. The van der Waals surface area contributed by atoms with E-state index in [-0.39, 0.29) is 28.8 Å². The van der Waals surface area contributed by atoms with Gasteiger partial charge in [-0.3, -0.25) is 19.2 Å². The highest BCUT2D eigenvalue weighted by atomic mass is 28.4. The van der Waals surface area contributed by atoms with Crippen LogP contribution in [0.1, 0.15) is 32.6 Å². The average molecular weight is 692 g/mol. The van der Waals surface area contributed by atoms with E-state index in [1.165, 1.54) is 6.33 Å². The molecule has 2 aliphatic rings. The highest BCUT2D eigenvalue weighted by Crippen LogP contribution is 2.43. The second kappa shape index (κ2) is 13.3. The molecule has 258 valence electrons. The molecular weight excluding hydrogens is 651 g/mol. The number of carbonyl (C=O) groups excluding carboxylic acids is 1. The Morgan fingerprint density at radius 2 is 1.58 bits per heavy atom. The largest absolute Gasteiger partial charge is 0.439 e. The van der Waals surface area contributed by atoms with Crippen molar-refractivity contribution in [2.75, 3.05) is 20.7 Å². The highest BCUT2D eigenvalue weighted by molar-refractivity contribution is 6.99. The maximum Gasteiger partial charge on any atom is 0.411 e. The molecule has 3 aromatic carbocycles. The number of imidazole rings is 1. The van der Waals surface area contributed by atoms with Gasteiger partial charge in [-0.2, -0.15) is 4.98 Å². The van der Waals surface area contributed by atoms with E-state index in [1.54, 1.807) is 20.7 Å². The summed E-state index contributed by atoms with van der Waals surface area (Å²) in [6.07, 6.45) is 0.457. The number of aliphatic imine (C=N–C) groups is 1. The SMILES string of the molecule is CN(C)/C=N/c1nc2c(ncn2[C@@H]2O[C@H](CO[Si](c3ccccc3)(c3ccccc3)C(C)(C)C)[C@@H]3[C@H]2OC(=O)N3Cc2ccccc2)c(=O)[nH]1. The summed E-state index contributed by atoms with van der Waals surface area (Å²) in [7, 11) is 0.682. The minimum Gasteiger partial charge on any atom is -0.439 e. The molecule has 12 nitrogen and oxygen atoms in total. The summed E-state index contributed by atoms with van der Waals surface area (Å²) in [5, 5.41) is 2.01. The van der Waals surface area contributed by atoms with E-state index in [9.17, 15) is 9.59 Å². The van der Waals surface area contributed by atoms with Crippen molar-refractivity contribution in [2.24, 2.45) is 4.99 Å². The van der Waals surface area contributed by atoms with Crippen LogP contribution in [0, 0.1) is 0 Å². The van der Waals surface area contributed by atoms with Gasteiger partial charge in [-0.25, -0.2) is 14.8 Å². The Hall–Kier alpha value is -5.11. The number of aromatic amines is 1. The summed E-state index contributed by atoms with van der Waals surface area (Å²) in [6, 6.07) is 30.1. The van der Waals surface area contributed by atoms with Gasteiger partial charge in [-0.1, -0.05) is 112 Å². The molecule has 7 rings (SSSR count). The lowest BCUT2D eigenvalue weighted by molar-refractivity contribution is -0.0588. The van der Waals surface area contributed by atoms with Gasteiger partial charge in [-0.15, -0.1) is 0 Å². The van der Waals surface area contributed by atoms with Gasteiger partial charge in [0, 0.05) is 20.6 Å². The Balaban J connectivity index is 1.30. The van der Waals surface area contributed by atoms with Crippen molar-refractivity contribution < 1.29 is 18.7 Å². The second-order valence-corrected chi connectivity index (χ2v) is 18.2. The number of nitrogens with zero attached hydrogens (tertiary/aromatic N) is 6. The van der Waals surface area contributed by atoms with Gasteiger partial charge in [0.1, 0.15) is 12.1 Å². The lowest BCUT2D eigenvalue weighted by Crippen LogP contribution is -2.67. The number of nitrogens with one attached hydrogen (secondary N) is 1. The molecular formula is C37H41N7O5Si. The molecule has 2 aliphatic heterocycles. The lowest BCUT2D eigenvalue weighted by atomic mass is 10.1. The summed E-state index contributed by atoms with van der Waals surface area (Å²) >= 11 is 0. The Morgan fingerprint density at radius 1 is 0.960 bits per heavy atom. The minimum absolute atomic E-state index is 0.119. The number of carbonyl (C=O) groups is 1. The Kier molecular flexibility index (Phi) is 8.89. The maximum absolute atomic E-state index is 13.7. The first-order valence-corrected chi connectivity index (χ1v) is 18.6. The Morgan fingerprint density at radius 3 is 2.18 bits per heavy atom. The van der Waals surface area contributed by atoms with Crippen LogP contribution in [0.15, 0.2) is 107 Å². The molecule has 2 saturated heterocycles. The van der Waals surface area contributed by atoms with E-state index in [0.717, 1.165) is 15.9 Å².